The first-order valence-electron chi connectivity index (χ1n) is 9.23. The van der Waals surface area contributed by atoms with Crippen LogP contribution in [-0.2, 0) is 15.6 Å². The SMILES string of the molecule is C[C@H](NC(=O)N(CCO[Si](C)(C)C(C)(C)C)CCc1ccncc1)C(=O)[O-]. The number of urea groups is 1. The van der Waals surface area contributed by atoms with E-state index in [0.717, 1.165) is 5.56 Å². The van der Waals surface area contributed by atoms with Crippen LogP contribution in [0.4, 0.5) is 4.79 Å². The van der Waals surface area contributed by atoms with E-state index in [2.05, 4.69) is 44.2 Å². The molecule has 2 amide bonds. The van der Waals surface area contributed by atoms with Crippen LogP contribution in [0.5, 0.6) is 0 Å². The van der Waals surface area contributed by atoms with Gasteiger partial charge in [0.2, 0.25) is 0 Å². The van der Waals surface area contributed by atoms with Gasteiger partial charge in [-0.1, -0.05) is 20.8 Å². The Labute approximate surface area is 163 Å². The van der Waals surface area contributed by atoms with E-state index in [1.54, 1.807) is 17.3 Å². The van der Waals surface area contributed by atoms with Crippen molar-refractivity contribution in [2.45, 2.75) is 58.3 Å². The highest BCUT2D eigenvalue weighted by molar-refractivity contribution is 6.74. The molecule has 152 valence electrons. The van der Waals surface area contributed by atoms with Crippen molar-refractivity contribution in [3.05, 3.63) is 30.1 Å². The lowest BCUT2D eigenvalue weighted by Crippen LogP contribution is -2.52. The van der Waals surface area contributed by atoms with Crippen molar-refractivity contribution in [2.75, 3.05) is 19.7 Å². The Morgan fingerprint density at radius 3 is 2.37 bits per heavy atom. The lowest BCUT2D eigenvalue weighted by molar-refractivity contribution is -0.307. The van der Waals surface area contributed by atoms with Gasteiger partial charge in [0.1, 0.15) is 0 Å². The van der Waals surface area contributed by atoms with Crippen molar-refractivity contribution in [2.24, 2.45) is 0 Å². The van der Waals surface area contributed by atoms with Crippen molar-refractivity contribution in [3.63, 3.8) is 0 Å². The number of nitrogens with zero attached hydrogens (tertiary/aromatic N) is 2. The normalized spacial score (nSPS) is 13.1. The number of nitrogens with one attached hydrogen (secondary N) is 1. The molecule has 0 radical (unpaired) electrons. The summed E-state index contributed by atoms with van der Waals surface area (Å²) < 4.78 is 6.16. The van der Waals surface area contributed by atoms with Crippen molar-refractivity contribution in [1.82, 2.24) is 15.2 Å². The number of hydrogen-bond acceptors (Lipinski definition) is 5. The average Bonchev–Trinajstić information content (AvgIpc) is 2.57. The lowest BCUT2D eigenvalue weighted by atomic mass is 10.2. The Balaban J connectivity index is 2.71. The molecule has 0 unspecified atom stereocenters. The lowest BCUT2D eigenvalue weighted by Gasteiger charge is -2.37. The largest absolute Gasteiger partial charge is 0.548 e. The fourth-order valence-electron chi connectivity index (χ4n) is 2.09. The van der Waals surface area contributed by atoms with Crippen LogP contribution >= 0.6 is 0 Å². The molecule has 1 aromatic heterocycles. The molecule has 1 N–H and O–H groups in total. The number of rotatable bonds is 9. The van der Waals surface area contributed by atoms with Gasteiger partial charge in [-0.05, 0) is 49.2 Å². The Bertz CT molecular complexity index is 617. The molecule has 1 rings (SSSR count). The van der Waals surface area contributed by atoms with E-state index in [9.17, 15) is 14.7 Å². The van der Waals surface area contributed by atoms with E-state index in [1.807, 2.05) is 12.1 Å². The summed E-state index contributed by atoms with van der Waals surface area (Å²) in [5.74, 6) is -1.31. The maximum Gasteiger partial charge on any atom is 0.317 e. The quantitative estimate of drug-likeness (QED) is 0.645. The summed E-state index contributed by atoms with van der Waals surface area (Å²) in [6.07, 6.45) is 4.06. The van der Waals surface area contributed by atoms with Crippen LogP contribution in [-0.4, -0.2) is 55.9 Å². The molecule has 1 atom stereocenters. The van der Waals surface area contributed by atoms with E-state index >= 15 is 0 Å². The second-order valence-corrected chi connectivity index (χ2v) is 13.0. The molecule has 1 heterocycles. The van der Waals surface area contributed by atoms with Crippen LogP contribution in [0.1, 0.15) is 33.3 Å². The first-order chi connectivity index (χ1) is 12.4. The number of carbonyl (C=O) groups excluding carboxylic acids is 2. The zero-order valence-electron chi connectivity index (χ0n) is 17.2. The summed E-state index contributed by atoms with van der Waals surface area (Å²) in [6, 6.07) is 2.31. The summed E-state index contributed by atoms with van der Waals surface area (Å²) in [7, 11) is -1.91. The van der Waals surface area contributed by atoms with Gasteiger partial charge in [0, 0.05) is 25.5 Å². The van der Waals surface area contributed by atoms with Crippen LogP contribution in [0.15, 0.2) is 24.5 Å². The van der Waals surface area contributed by atoms with Crippen molar-refractivity contribution >= 4 is 20.3 Å². The Morgan fingerprint density at radius 2 is 1.85 bits per heavy atom. The molecule has 0 saturated carbocycles. The van der Waals surface area contributed by atoms with Crippen molar-refractivity contribution < 1.29 is 19.1 Å². The van der Waals surface area contributed by atoms with E-state index in [-0.39, 0.29) is 5.04 Å². The fourth-order valence-corrected chi connectivity index (χ4v) is 3.13. The number of aliphatic carboxylic acids is 1. The topological polar surface area (TPSA) is 94.6 Å². The van der Waals surface area contributed by atoms with E-state index < -0.39 is 26.4 Å². The maximum atomic E-state index is 12.5. The molecule has 1 aromatic rings. The van der Waals surface area contributed by atoms with Crippen molar-refractivity contribution in [3.8, 4) is 0 Å². The van der Waals surface area contributed by atoms with E-state index in [1.165, 1.54) is 6.92 Å². The number of pyridine rings is 1. The van der Waals surface area contributed by atoms with Crippen LogP contribution in [0, 0.1) is 0 Å². The highest BCUT2D eigenvalue weighted by atomic mass is 28.4. The van der Waals surface area contributed by atoms with Gasteiger partial charge < -0.3 is 24.5 Å². The first kappa shape index (κ1) is 23.1. The number of aromatic nitrogens is 1. The zero-order valence-corrected chi connectivity index (χ0v) is 18.2. The minimum atomic E-state index is -1.91. The van der Waals surface area contributed by atoms with Gasteiger partial charge in [-0.2, -0.15) is 0 Å². The minimum absolute atomic E-state index is 0.0839. The number of carboxylic acids is 1. The predicted octanol–water partition coefficient (Wildman–Crippen LogP) is 1.80. The number of hydrogen-bond donors (Lipinski definition) is 1. The van der Waals surface area contributed by atoms with Crippen LogP contribution in [0.3, 0.4) is 0 Å². The van der Waals surface area contributed by atoms with Gasteiger partial charge in [-0.25, -0.2) is 4.79 Å². The van der Waals surface area contributed by atoms with Gasteiger partial charge in [0.05, 0.1) is 18.6 Å². The number of carbonyl (C=O) groups is 2. The summed E-state index contributed by atoms with van der Waals surface area (Å²) >= 11 is 0. The molecule has 7 nitrogen and oxygen atoms in total. The Kier molecular flexibility index (Phi) is 8.42. The van der Waals surface area contributed by atoms with Crippen LogP contribution < -0.4 is 10.4 Å². The Hall–Kier alpha value is -1.93. The molecule has 0 aliphatic rings. The summed E-state index contributed by atoms with van der Waals surface area (Å²) in [6.45, 7) is 13.5. The van der Waals surface area contributed by atoms with Gasteiger partial charge in [0.15, 0.2) is 8.32 Å². The summed E-state index contributed by atoms with van der Waals surface area (Å²) in [5, 5.41) is 13.5. The Morgan fingerprint density at radius 1 is 1.26 bits per heavy atom. The first-order valence-corrected chi connectivity index (χ1v) is 12.1. The highest BCUT2D eigenvalue weighted by Crippen LogP contribution is 2.36. The molecular formula is C19H32N3O4Si-. The smallest absolute Gasteiger partial charge is 0.317 e. The van der Waals surface area contributed by atoms with Crippen LogP contribution in [0.25, 0.3) is 0 Å². The molecule has 0 aromatic carbocycles. The number of carboxylic acid groups (broad SMARTS) is 1. The molecule has 0 aliphatic carbocycles. The van der Waals surface area contributed by atoms with E-state index in [4.69, 9.17) is 4.43 Å². The molecule has 0 bridgehead atoms. The molecule has 0 spiro atoms. The fraction of sp³-hybridized carbons (Fsp3) is 0.632. The maximum absolute atomic E-state index is 12.5. The second kappa shape index (κ2) is 9.84. The van der Waals surface area contributed by atoms with Crippen molar-refractivity contribution in [1.29, 1.82) is 0 Å². The standard InChI is InChI=1S/C19H33N3O4Si/c1-15(17(23)24)21-18(25)22(12-9-16-7-10-20-11-8-16)13-14-26-27(5,6)19(2,3)4/h7-8,10-11,15H,9,12-14H2,1-6H3,(H,21,25)(H,23,24)/p-1/t15-/m0/s1. The minimum Gasteiger partial charge on any atom is -0.548 e. The average molecular weight is 395 g/mol. The molecular weight excluding hydrogens is 362 g/mol. The zero-order chi connectivity index (χ0) is 20.7. The summed E-state index contributed by atoms with van der Waals surface area (Å²) in [5.41, 5.74) is 1.06. The number of amides is 2. The molecule has 0 aliphatic heterocycles. The molecule has 0 fully saturated rings. The van der Waals surface area contributed by atoms with Gasteiger partial charge in [-0.3, -0.25) is 4.98 Å². The third kappa shape index (κ3) is 7.68. The second-order valence-electron chi connectivity index (χ2n) is 8.19. The van der Waals surface area contributed by atoms with Gasteiger partial charge in [0.25, 0.3) is 0 Å². The molecule has 27 heavy (non-hydrogen) atoms. The van der Waals surface area contributed by atoms with Gasteiger partial charge >= 0.3 is 6.03 Å². The summed E-state index contributed by atoms with van der Waals surface area (Å²) in [4.78, 5) is 29.0. The monoisotopic (exact) mass is 394 g/mol. The van der Waals surface area contributed by atoms with Crippen LogP contribution in [0.2, 0.25) is 18.1 Å². The molecule has 0 saturated heterocycles. The third-order valence-electron chi connectivity index (χ3n) is 5.03. The van der Waals surface area contributed by atoms with Gasteiger partial charge in [-0.15, -0.1) is 0 Å². The highest BCUT2D eigenvalue weighted by Gasteiger charge is 2.37. The predicted molar refractivity (Wildman–Crippen MR) is 106 cm³/mol. The molecule has 8 heteroatoms. The third-order valence-corrected chi connectivity index (χ3v) is 9.57. The van der Waals surface area contributed by atoms with E-state index in [0.29, 0.717) is 26.1 Å².